The molecule has 0 aliphatic rings. The van der Waals surface area contributed by atoms with Gasteiger partial charge in [-0.3, -0.25) is 10.1 Å². The first-order chi connectivity index (χ1) is 10.8. The Morgan fingerprint density at radius 1 is 1.30 bits per heavy atom. The number of hydrogen-bond acceptors (Lipinski definition) is 7. The summed E-state index contributed by atoms with van der Waals surface area (Å²) in [6.07, 6.45) is 0. The van der Waals surface area contributed by atoms with Crippen LogP contribution in [0.4, 0.5) is 5.69 Å². The summed E-state index contributed by atoms with van der Waals surface area (Å²) in [5, 5.41) is 14.6. The molecule has 1 aromatic heterocycles. The number of hydrogen-bond donors (Lipinski definition) is 0. The maximum absolute atomic E-state index is 12.1. The third kappa shape index (κ3) is 3.46. The lowest BCUT2D eigenvalue weighted by Gasteiger charge is -2.05. The highest BCUT2D eigenvalue weighted by Gasteiger charge is 2.21. The van der Waals surface area contributed by atoms with Gasteiger partial charge >= 0.3 is 11.9 Å². The average Bonchev–Trinajstić information content (AvgIpc) is 2.87. The number of methoxy groups -OCH3 is 1. The van der Waals surface area contributed by atoms with Crippen LogP contribution in [-0.4, -0.2) is 33.8 Å². The highest BCUT2D eigenvalue weighted by Crippen LogP contribution is 2.24. The monoisotopic (exact) mass is 339 g/mol. The fraction of sp³-hybridized carbons (Fsp3) is 0.154. The predicted molar refractivity (Wildman–Crippen MR) is 77.6 cm³/mol. The lowest BCUT2D eigenvalue weighted by molar-refractivity contribution is -0.384. The summed E-state index contributed by atoms with van der Waals surface area (Å²) in [6, 6.07) is 4.59. The zero-order valence-corrected chi connectivity index (χ0v) is 12.7. The zero-order chi connectivity index (χ0) is 17.1. The van der Waals surface area contributed by atoms with E-state index >= 15 is 0 Å². The van der Waals surface area contributed by atoms with Crippen molar-refractivity contribution in [2.75, 3.05) is 7.11 Å². The summed E-state index contributed by atoms with van der Waals surface area (Å²) in [5.74, 6) is -1.66. The van der Waals surface area contributed by atoms with E-state index in [4.69, 9.17) is 16.3 Å². The fourth-order valence-corrected chi connectivity index (χ4v) is 1.88. The van der Waals surface area contributed by atoms with Crippen molar-refractivity contribution in [3.05, 3.63) is 50.7 Å². The molecule has 9 nitrogen and oxygen atoms in total. The molecule has 0 fully saturated rings. The highest BCUT2D eigenvalue weighted by molar-refractivity contribution is 6.33. The first kappa shape index (κ1) is 16.4. The van der Waals surface area contributed by atoms with Crippen LogP contribution in [-0.2, 0) is 11.8 Å². The van der Waals surface area contributed by atoms with Crippen LogP contribution in [0.25, 0.3) is 0 Å². The molecule has 0 bridgehead atoms. The summed E-state index contributed by atoms with van der Waals surface area (Å²) < 4.78 is 10.7. The predicted octanol–water partition coefficient (Wildman–Crippen LogP) is 1.99. The second kappa shape index (κ2) is 6.44. The van der Waals surface area contributed by atoms with Crippen molar-refractivity contribution in [2.24, 2.45) is 7.05 Å². The lowest BCUT2D eigenvalue weighted by Crippen LogP contribution is -2.12. The molecule has 120 valence electrons. The Kier molecular flexibility index (Phi) is 4.60. The molecule has 2 rings (SSSR count). The van der Waals surface area contributed by atoms with Crippen molar-refractivity contribution in [3.63, 3.8) is 0 Å². The Morgan fingerprint density at radius 2 is 2.00 bits per heavy atom. The molecule has 0 radical (unpaired) electrons. The molecule has 0 saturated carbocycles. The molecule has 0 saturated heterocycles. The first-order valence-electron chi connectivity index (χ1n) is 6.12. The number of halogens is 1. The summed E-state index contributed by atoms with van der Waals surface area (Å²) in [5.41, 5.74) is -0.536. The quantitative estimate of drug-likeness (QED) is 0.475. The van der Waals surface area contributed by atoms with E-state index in [1.54, 1.807) is 0 Å². The molecule has 10 heteroatoms. The van der Waals surface area contributed by atoms with E-state index in [1.807, 2.05) is 0 Å². The number of aryl methyl sites for hydroxylation is 1. The fourth-order valence-electron chi connectivity index (χ4n) is 1.68. The van der Waals surface area contributed by atoms with Gasteiger partial charge in [-0.2, -0.15) is 5.10 Å². The second-order valence-electron chi connectivity index (χ2n) is 4.29. The van der Waals surface area contributed by atoms with Crippen LogP contribution in [0.1, 0.15) is 20.8 Å². The average molecular weight is 340 g/mol. The van der Waals surface area contributed by atoms with E-state index < -0.39 is 16.9 Å². The molecule has 1 aromatic carbocycles. The maximum atomic E-state index is 12.1. The number of ether oxygens (including phenoxy) is 2. The molecular formula is C13H10ClN3O6. The maximum Gasteiger partial charge on any atom is 0.358 e. The van der Waals surface area contributed by atoms with Crippen LogP contribution in [0.5, 0.6) is 5.88 Å². The largest absolute Gasteiger partial charge is 0.464 e. The van der Waals surface area contributed by atoms with E-state index in [1.165, 1.54) is 32.4 Å². The number of carbonyl (C=O) groups excluding carboxylic acids is 2. The zero-order valence-electron chi connectivity index (χ0n) is 12.0. The van der Waals surface area contributed by atoms with Crippen molar-refractivity contribution in [1.29, 1.82) is 0 Å². The van der Waals surface area contributed by atoms with Crippen molar-refractivity contribution in [1.82, 2.24) is 9.78 Å². The third-order valence-corrected chi connectivity index (χ3v) is 3.14. The molecule has 0 aliphatic carbocycles. The van der Waals surface area contributed by atoms with E-state index in [0.29, 0.717) is 0 Å². The van der Waals surface area contributed by atoms with E-state index in [-0.39, 0.29) is 27.8 Å². The summed E-state index contributed by atoms with van der Waals surface area (Å²) in [7, 11) is 2.63. The van der Waals surface area contributed by atoms with Crippen LogP contribution < -0.4 is 4.74 Å². The Morgan fingerprint density at radius 3 is 2.61 bits per heavy atom. The standard InChI is InChI=1S/C13H10ClN3O6/c1-16-11(6-10(15-16)13(19)22-2)23-12(18)8-5-7(17(20)21)3-4-9(8)14/h3-6H,1-2H3. The number of benzene rings is 1. The van der Waals surface area contributed by atoms with E-state index in [0.717, 1.165) is 10.7 Å². The molecule has 23 heavy (non-hydrogen) atoms. The van der Waals surface area contributed by atoms with Gasteiger partial charge in [0.2, 0.25) is 5.88 Å². The summed E-state index contributed by atoms with van der Waals surface area (Å²) in [6.45, 7) is 0. The number of nitro groups is 1. The minimum Gasteiger partial charge on any atom is -0.464 e. The normalized spacial score (nSPS) is 10.2. The smallest absolute Gasteiger partial charge is 0.358 e. The number of rotatable bonds is 4. The third-order valence-electron chi connectivity index (χ3n) is 2.81. The molecule has 0 atom stereocenters. The van der Waals surface area contributed by atoms with Gasteiger partial charge in [0, 0.05) is 25.2 Å². The van der Waals surface area contributed by atoms with Crippen molar-refractivity contribution >= 4 is 29.2 Å². The number of nitro benzene ring substituents is 1. The van der Waals surface area contributed by atoms with Crippen LogP contribution in [0.2, 0.25) is 5.02 Å². The van der Waals surface area contributed by atoms with Crippen molar-refractivity contribution in [2.45, 2.75) is 0 Å². The Hall–Kier alpha value is -2.94. The topological polar surface area (TPSA) is 114 Å². The van der Waals surface area contributed by atoms with Gasteiger partial charge in [-0.1, -0.05) is 11.6 Å². The molecular weight excluding hydrogens is 330 g/mol. The first-order valence-corrected chi connectivity index (χ1v) is 6.49. The van der Waals surface area contributed by atoms with Crippen LogP contribution in [0, 0.1) is 10.1 Å². The highest BCUT2D eigenvalue weighted by atomic mass is 35.5. The van der Waals surface area contributed by atoms with E-state index in [2.05, 4.69) is 9.84 Å². The molecule has 0 amide bonds. The number of aromatic nitrogens is 2. The van der Waals surface area contributed by atoms with Gasteiger partial charge < -0.3 is 9.47 Å². The van der Waals surface area contributed by atoms with Gasteiger partial charge in [0.15, 0.2) is 5.69 Å². The number of non-ortho nitro benzene ring substituents is 1. The van der Waals surface area contributed by atoms with Gasteiger partial charge in [-0.15, -0.1) is 0 Å². The van der Waals surface area contributed by atoms with E-state index in [9.17, 15) is 19.7 Å². The van der Waals surface area contributed by atoms with Crippen LogP contribution in [0.3, 0.4) is 0 Å². The van der Waals surface area contributed by atoms with Crippen LogP contribution in [0.15, 0.2) is 24.3 Å². The Balaban J connectivity index is 2.29. The van der Waals surface area contributed by atoms with Crippen molar-refractivity contribution in [3.8, 4) is 5.88 Å². The number of esters is 2. The van der Waals surface area contributed by atoms with Crippen molar-refractivity contribution < 1.29 is 24.0 Å². The molecule has 0 unspecified atom stereocenters. The van der Waals surface area contributed by atoms with Crippen LogP contribution >= 0.6 is 11.6 Å². The minimum absolute atomic E-state index is 0.00374. The van der Waals surface area contributed by atoms with Gasteiger partial charge in [-0.25, -0.2) is 14.3 Å². The van der Waals surface area contributed by atoms with Gasteiger partial charge in [0.1, 0.15) is 0 Å². The Bertz CT molecular complexity index is 801. The molecule has 0 aliphatic heterocycles. The second-order valence-corrected chi connectivity index (χ2v) is 4.70. The van der Waals surface area contributed by atoms with Gasteiger partial charge in [0.25, 0.3) is 5.69 Å². The molecule has 0 spiro atoms. The SMILES string of the molecule is COC(=O)c1cc(OC(=O)c2cc([N+](=O)[O-])ccc2Cl)n(C)n1. The minimum atomic E-state index is -0.918. The summed E-state index contributed by atoms with van der Waals surface area (Å²) >= 11 is 5.86. The van der Waals surface area contributed by atoms with Gasteiger partial charge in [0.05, 0.1) is 22.6 Å². The Labute approximate surface area is 134 Å². The number of nitrogens with zero attached hydrogens (tertiary/aromatic N) is 3. The molecule has 2 aromatic rings. The molecule has 1 heterocycles. The summed E-state index contributed by atoms with van der Waals surface area (Å²) in [4.78, 5) is 33.6. The molecule has 0 N–H and O–H groups in total. The lowest BCUT2D eigenvalue weighted by atomic mass is 10.2. The van der Waals surface area contributed by atoms with Gasteiger partial charge in [-0.05, 0) is 6.07 Å². The number of carbonyl (C=O) groups is 2.